The molecule has 0 atom stereocenters. The Hall–Kier alpha value is -2.75. The van der Waals surface area contributed by atoms with Crippen molar-refractivity contribution in [2.45, 2.75) is 32.8 Å². The quantitative estimate of drug-likeness (QED) is 0.681. The summed E-state index contributed by atoms with van der Waals surface area (Å²) in [6.07, 6.45) is 2.58. The maximum Gasteiger partial charge on any atom is 0.302 e. The van der Waals surface area contributed by atoms with E-state index in [1.165, 1.54) is 6.92 Å². The van der Waals surface area contributed by atoms with Crippen LogP contribution in [0.25, 0.3) is 0 Å². The molecule has 2 aromatic carbocycles. The smallest absolute Gasteiger partial charge is 0.302 e. The van der Waals surface area contributed by atoms with E-state index in [1.807, 2.05) is 0 Å². The zero-order valence-corrected chi connectivity index (χ0v) is 13.3. The molecule has 0 N–H and O–H groups in total. The van der Waals surface area contributed by atoms with Crippen molar-refractivity contribution in [2.75, 3.05) is 0 Å². The van der Waals surface area contributed by atoms with Crippen molar-refractivity contribution in [1.29, 1.82) is 0 Å². The number of hydrogen-bond acceptors (Lipinski definition) is 4. The maximum atomic E-state index is 13.0. The van der Waals surface area contributed by atoms with Crippen molar-refractivity contribution in [3.63, 3.8) is 0 Å². The van der Waals surface area contributed by atoms with E-state index < -0.39 is 0 Å². The van der Waals surface area contributed by atoms with Gasteiger partial charge in [-0.05, 0) is 42.0 Å². The Kier molecular flexibility index (Phi) is 3.34. The fourth-order valence-corrected chi connectivity index (χ4v) is 3.78. The van der Waals surface area contributed by atoms with Crippen LogP contribution in [0.3, 0.4) is 0 Å². The molecule has 0 bridgehead atoms. The third kappa shape index (κ3) is 2.10. The van der Waals surface area contributed by atoms with Gasteiger partial charge in [-0.1, -0.05) is 24.3 Å². The summed E-state index contributed by atoms with van der Waals surface area (Å²) in [7, 11) is 0. The largest absolute Gasteiger partial charge is 0.461 e. The van der Waals surface area contributed by atoms with Crippen LogP contribution in [0.1, 0.15) is 61.9 Å². The van der Waals surface area contributed by atoms with E-state index in [1.54, 1.807) is 30.3 Å². The SMILES string of the molecule is CC(=O)OCc1cc2c(c3c1CCC3)C(=O)c1ccccc1C2=O. The van der Waals surface area contributed by atoms with Gasteiger partial charge < -0.3 is 4.74 Å². The van der Waals surface area contributed by atoms with E-state index in [-0.39, 0.29) is 24.1 Å². The Morgan fingerprint density at radius 1 is 1.00 bits per heavy atom. The number of carbonyl (C=O) groups is 3. The van der Waals surface area contributed by atoms with Gasteiger partial charge in [0.25, 0.3) is 0 Å². The molecule has 4 rings (SSSR count). The average molecular weight is 320 g/mol. The van der Waals surface area contributed by atoms with Crippen LogP contribution < -0.4 is 0 Å². The van der Waals surface area contributed by atoms with Crippen LogP contribution >= 0.6 is 0 Å². The molecule has 4 heteroatoms. The molecule has 0 aliphatic heterocycles. The van der Waals surface area contributed by atoms with Crippen molar-refractivity contribution in [3.05, 3.63) is 69.3 Å². The summed E-state index contributed by atoms with van der Waals surface area (Å²) in [5.74, 6) is -0.552. The van der Waals surface area contributed by atoms with Gasteiger partial charge >= 0.3 is 5.97 Å². The number of hydrogen-bond donors (Lipinski definition) is 0. The van der Waals surface area contributed by atoms with Crippen LogP contribution in [0.15, 0.2) is 30.3 Å². The van der Waals surface area contributed by atoms with Crippen LogP contribution in [-0.2, 0) is 29.0 Å². The lowest BCUT2D eigenvalue weighted by atomic mass is 9.79. The summed E-state index contributed by atoms with van der Waals surface area (Å²) in [5, 5.41) is 0. The maximum absolute atomic E-state index is 13.0. The molecule has 2 aliphatic carbocycles. The second-order valence-corrected chi connectivity index (χ2v) is 6.25. The second-order valence-electron chi connectivity index (χ2n) is 6.25. The van der Waals surface area contributed by atoms with E-state index >= 15 is 0 Å². The Morgan fingerprint density at radius 3 is 2.38 bits per heavy atom. The van der Waals surface area contributed by atoms with Gasteiger partial charge in [0.2, 0.25) is 0 Å². The molecule has 0 aromatic heterocycles. The zero-order valence-electron chi connectivity index (χ0n) is 13.3. The Labute approximate surface area is 139 Å². The van der Waals surface area contributed by atoms with Crippen LogP contribution in [0, 0.1) is 0 Å². The predicted molar refractivity (Wildman–Crippen MR) is 87.2 cm³/mol. The summed E-state index contributed by atoms with van der Waals surface area (Å²) in [4.78, 5) is 37.0. The number of ether oxygens (including phenoxy) is 1. The monoisotopic (exact) mass is 320 g/mol. The van der Waals surface area contributed by atoms with Gasteiger partial charge in [0.1, 0.15) is 6.61 Å². The molecule has 24 heavy (non-hydrogen) atoms. The first-order valence-electron chi connectivity index (χ1n) is 8.07. The lowest BCUT2D eigenvalue weighted by Crippen LogP contribution is -2.23. The minimum absolute atomic E-state index is 0.0719. The molecule has 0 spiro atoms. The Bertz CT molecular complexity index is 908. The molecule has 4 nitrogen and oxygen atoms in total. The van der Waals surface area contributed by atoms with Gasteiger partial charge in [-0.15, -0.1) is 0 Å². The Morgan fingerprint density at radius 2 is 1.67 bits per heavy atom. The molecule has 2 aliphatic rings. The van der Waals surface area contributed by atoms with E-state index in [2.05, 4.69) is 0 Å². The fraction of sp³-hybridized carbons (Fsp3) is 0.250. The molecule has 0 amide bonds. The number of esters is 1. The lowest BCUT2D eigenvalue weighted by molar-refractivity contribution is -0.142. The standard InChI is InChI=1S/C20H16O4/c1-11(21)24-10-12-9-17-18(14-8-4-7-13(12)14)20(23)16-6-3-2-5-15(16)19(17)22/h2-3,5-6,9H,4,7-8,10H2,1H3. The van der Waals surface area contributed by atoms with Gasteiger partial charge in [-0.3, -0.25) is 14.4 Å². The minimum Gasteiger partial charge on any atom is -0.461 e. The van der Waals surface area contributed by atoms with Gasteiger partial charge in [0, 0.05) is 29.2 Å². The third-order valence-corrected chi connectivity index (χ3v) is 4.81. The molecule has 120 valence electrons. The molecule has 0 saturated carbocycles. The lowest BCUT2D eigenvalue weighted by Gasteiger charge is -2.22. The van der Waals surface area contributed by atoms with Crippen molar-refractivity contribution in [2.24, 2.45) is 0 Å². The van der Waals surface area contributed by atoms with Crippen LogP contribution in [0.2, 0.25) is 0 Å². The van der Waals surface area contributed by atoms with Gasteiger partial charge in [-0.25, -0.2) is 0 Å². The molecule has 2 aromatic rings. The number of carbonyl (C=O) groups excluding carboxylic acids is 3. The number of ketones is 2. The van der Waals surface area contributed by atoms with E-state index in [4.69, 9.17) is 4.74 Å². The highest BCUT2D eigenvalue weighted by Gasteiger charge is 2.34. The third-order valence-electron chi connectivity index (χ3n) is 4.81. The molecular weight excluding hydrogens is 304 g/mol. The average Bonchev–Trinajstić information content (AvgIpc) is 3.06. The normalized spacial score (nSPS) is 14.9. The van der Waals surface area contributed by atoms with Crippen molar-refractivity contribution in [1.82, 2.24) is 0 Å². The molecule has 0 unspecified atom stereocenters. The number of fused-ring (bicyclic) bond motifs is 4. The fourth-order valence-electron chi connectivity index (χ4n) is 3.78. The zero-order chi connectivity index (χ0) is 16.8. The summed E-state index contributed by atoms with van der Waals surface area (Å²) < 4.78 is 5.14. The van der Waals surface area contributed by atoms with Crippen LogP contribution in [0.5, 0.6) is 0 Å². The molecular formula is C20H16O4. The molecule has 0 fully saturated rings. The first-order chi connectivity index (χ1) is 11.6. The number of benzene rings is 2. The topological polar surface area (TPSA) is 60.4 Å². The van der Waals surface area contributed by atoms with Crippen molar-refractivity contribution >= 4 is 17.5 Å². The van der Waals surface area contributed by atoms with E-state index in [0.29, 0.717) is 22.3 Å². The minimum atomic E-state index is -0.354. The molecule has 0 radical (unpaired) electrons. The van der Waals surface area contributed by atoms with Crippen molar-refractivity contribution < 1.29 is 19.1 Å². The summed E-state index contributed by atoms with van der Waals surface area (Å²) in [5.41, 5.74) is 4.80. The predicted octanol–water partition coefficient (Wildman–Crippen LogP) is 3.01. The summed E-state index contributed by atoms with van der Waals surface area (Å²) >= 11 is 0. The van der Waals surface area contributed by atoms with E-state index in [9.17, 15) is 14.4 Å². The first-order valence-corrected chi connectivity index (χ1v) is 8.07. The molecule has 0 heterocycles. The summed E-state index contributed by atoms with van der Waals surface area (Å²) in [6.45, 7) is 1.51. The van der Waals surface area contributed by atoms with Gasteiger partial charge in [0.15, 0.2) is 11.6 Å². The van der Waals surface area contributed by atoms with Crippen LogP contribution in [0.4, 0.5) is 0 Å². The highest BCUT2D eigenvalue weighted by atomic mass is 16.5. The van der Waals surface area contributed by atoms with Gasteiger partial charge in [0.05, 0.1) is 0 Å². The van der Waals surface area contributed by atoms with E-state index in [0.717, 1.165) is 36.0 Å². The Balaban J connectivity index is 1.92. The highest BCUT2D eigenvalue weighted by Crippen LogP contribution is 2.37. The van der Waals surface area contributed by atoms with Gasteiger partial charge in [-0.2, -0.15) is 0 Å². The van der Waals surface area contributed by atoms with Crippen molar-refractivity contribution in [3.8, 4) is 0 Å². The first kappa shape index (κ1) is 14.8. The van der Waals surface area contributed by atoms with Crippen LogP contribution in [-0.4, -0.2) is 17.5 Å². The second kappa shape index (κ2) is 5.41. The molecule has 0 saturated heterocycles. The summed E-state index contributed by atoms with van der Waals surface area (Å²) in [6, 6.07) is 8.70. The number of rotatable bonds is 2. The highest BCUT2D eigenvalue weighted by molar-refractivity contribution is 6.29.